The van der Waals surface area contributed by atoms with Gasteiger partial charge in [-0.25, -0.2) is 4.98 Å². The van der Waals surface area contributed by atoms with Gasteiger partial charge in [-0.15, -0.1) is 0 Å². The average molecular weight is 337 g/mol. The molecule has 0 spiro atoms. The summed E-state index contributed by atoms with van der Waals surface area (Å²) in [7, 11) is 0. The molecule has 2 rings (SSSR count). The zero-order chi connectivity index (χ0) is 14.4. The molecule has 0 radical (unpaired) electrons. The van der Waals surface area contributed by atoms with Crippen molar-refractivity contribution in [2.75, 3.05) is 6.61 Å². The topological polar surface area (TPSA) is 55.0 Å². The van der Waals surface area contributed by atoms with Crippen LogP contribution in [-0.4, -0.2) is 22.9 Å². The van der Waals surface area contributed by atoms with Crippen LogP contribution in [0.25, 0.3) is 11.3 Å². The van der Waals surface area contributed by atoms with Crippen LogP contribution in [0.2, 0.25) is 0 Å². The third-order valence-corrected chi connectivity index (χ3v) is 3.51. The summed E-state index contributed by atoms with van der Waals surface area (Å²) in [5.74, 6) is 1.17. The number of nitrogens with zero attached hydrogens (tertiary/aromatic N) is 1. The first kappa shape index (κ1) is 14.8. The lowest BCUT2D eigenvalue weighted by molar-refractivity contribution is 0.111. The molecule has 0 aliphatic heterocycles. The number of hydrogen-bond acceptors (Lipinski definition) is 3. The minimum Gasteiger partial charge on any atom is -0.494 e. The Labute approximate surface area is 126 Å². The number of aromatic amines is 1. The van der Waals surface area contributed by atoms with E-state index >= 15 is 0 Å². The van der Waals surface area contributed by atoms with Crippen LogP contribution < -0.4 is 4.74 Å². The number of benzene rings is 1. The van der Waals surface area contributed by atoms with Gasteiger partial charge >= 0.3 is 0 Å². The Morgan fingerprint density at radius 1 is 1.30 bits per heavy atom. The van der Waals surface area contributed by atoms with E-state index in [1.54, 1.807) is 0 Å². The van der Waals surface area contributed by atoms with Crippen molar-refractivity contribution in [1.82, 2.24) is 9.97 Å². The molecule has 0 aliphatic rings. The molecule has 1 aromatic carbocycles. The van der Waals surface area contributed by atoms with Crippen molar-refractivity contribution in [2.24, 2.45) is 0 Å². The fourth-order valence-corrected chi connectivity index (χ4v) is 2.39. The molecule has 2 aromatic rings. The number of hydrogen-bond donors (Lipinski definition) is 1. The molecule has 1 heterocycles. The molecule has 0 saturated heterocycles. The summed E-state index contributed by atoms with van der Waals surface area (Å²) in [6, 6.07) is 7.71. The molecule has 0 aliphatic carbocycles. The minimum absolute atomic E-state index is 0.312. The lowest BCUT2D eigenvalue weighted by Crippen LogP contribution is -1.96. The van der Waals surface area contributed by atoms with Crippen molar-refractivity contribution < 1.29 is 9.53 Å². The lowest BCUT2D eigenvalue weighted by Gasteiger charge is -2.06. The Balaban J connectivity index is 2.03. The van der Waals surface area contributed by atoms with Crippen LogP contribution in [0.5, 0.6) is 5.75 Å². The number of aldehydes is 1. The molecule has 20 heavy (non-hydrogen) atoms. The average Bonchev–Trinajstić information content (AvgIpc) is 2.85. The van der Waals surface area contributed by atoms with Crippen LogP contribution in [0.15, 0.2) is 28.9 Å². The molecule has 0 atom stereocenters. The lowest BCUT2D eigenvalue weighted by atomic mass is 10.1. The van der Waals surface area contributed by atoms with E-state index in [-0.39, 0.29) is 0 Å². The first-order valence-electron chi connectivity index (χ1n) is 6.68. The molecule has 1 N–H and O–H groups in total. The van der Waals surface area contributed by atoms with Crippen molar-refractivity contribution in [3.8, 4) is 17.0 Å². The number of aromatic nitrogens is 2. The molecule has 0 amide bonds. The zero-order valence-electron chi connectivity index (χ0n) is 11.4. The number of carbonyl (C=O) groups is 1. The molecule has 0 bridgehead atoms. The quantitative estimate of drug-likeness (QED) is 0.608. The summed E-state index contributed by atoms with van der Waals surface area (Å²) in [6.07, 6.45) is 4.15. The molecule has 5 heteroatoms. The van der Waals surface area contributed by atoms with E-state index in [0.29, 0.717) is 16.7 Å². The molecule has 4 nitrogen and oxygen atoms in total. The summed E-state index contributed by atoms with van der Waals surface area (Å²) >= 11 is 3.36. The predicted molar refractivity (Wildman–Crippen MR) is 82.1 cm³/mol. The number of rotatable bonds is 7. The van der Waals surface area contributed by atoms with Gasteiger partial charge in [0.15, 0.2) is 12.1 Å². The Morgan fingerprint density at radius 3 is 2.65 bits per heavy atom. The monoisotopic (exact) mass is 336 g/mol. The van der Waals surface area contributed by atoms with E-state index in [1.807, 2.05) is 24.3 Å². The van der Waals surface area contributed by atoms with Crippen LogP contribution in [0, 0.1) is 0 Å². The van der Waals surface area contributed by atoms with Gasteiger partial charge in [0.25, 0.3) is 0 Å². The summed E-state index contributed by atoms with van der Waals surface area (Å²) in [5.41, 5.74) is 1.66. The van der Waals surface area contributed by atoms with Gasteiger partial charge < -0.3 is 9.72 Å². The first-order chi connectivity index (χ1) is 9.74. The second-order valence-electron chi connectivity index (χ2n) is 4.48. The van der Waals surface area contributed by atoms with Crippen LogP contribution >= 0.6 is 15.9 Å². The van der Waals surface area contributed by atoms with Gasteiger partial charge in [0, 0.05) is 5.56 Å². The number of nitrogens with one attached hydrogen (secondary N) is 1. The van der Waals surface area contributed by atoms with Crippen LogP contribution in [0.3, 0.4) is 0 Å². The van der Waals surface area contributed by atoms with Gasteiger partial charge in [-0.1, -0.05) is 19.8 Å². The van der Waals surface area contributed by atoms with Crippen LogP contribution in [0.4, 0.5) is 0 Å². The maximum absolute atomic E-state index is 10.7. The van der Waals surface area contributed by atoms with E-state index in [9.17, 15) is 4.79 Å². The van der Waals surface area contributed by atoms with E-state index in [0.717, 1.165) is 30.0 Å². The minimum atomic E-state index is 0.312. The van der Waals surface area contributed by atoms with Gasteiger partial charge in [-0.3, -0.25) is 4.79 Å². The van der Waals surface area contributed by atoms with Crippen molar-refractivity contribution in [3.05, 3.63) is 34.7 Å². The third kappa shape index (κ3) is 3.70. The van der Waals surface area contributed by atoms with Gasteiger partial charge in [0.05, 0.1) is 6.61 Å². The van der Waals surface area contributed by atoms with E-state index in [1.165, 1.54) is 12.8 Å². The number of halogens is 1. The second kappa shape index (κ2) is 7.24. The van der Waals surface area contributed by atoms with Gasteiger partial charge in [-0.2, -0.15) is 0 Å². The highest BCUT2D eigenvalue weighted by molar-refractivity contribution is 9.10. The van der Waals surface area contributed by atoms with Crippen molar-refractivity contribution >= 4 is 22.2 Å². The van der Waals surface area contributed by atoms with Crippen molar-refractivity contribution in [2.45, 2.75) is 26.2 Å². The van der Waals surface area contributed by atoms with Crippen LogP contribution in [0.1, 0.15) is 36.8 Å². The molecular weight excluding hydrogens is 320 g/mol. The van der Waals surface area contributed by atoms with Crippen molar-refractivity contribution in [3.63, 3.8) is 0 Å². The Bertz CT molecular complexity index is 564. The highest BCUT2D eigenvalue weighted by Gasteiger charge is 2.09. The SMILES string of the molecule is CCCCCOc1ccc(-c2nc(C=O)[nH]c2Br)cc1. The Kier molecular flexibility index (Phi) is 5.35. The van der Waals surface area contributed by atoms with E-state index in [2.05, 4.69) is 32.8 Å². The number of ether oxygens (including phenoxy) is 1. The highest BCUT2D eigenvalue weighted by atomic mass is 79.9. The summed E-state index contributed by atoms with van der Waals surface area (Å²) < 4.78 is 6.36. The normalized spacial score (nSPS) is 10.5. The van der Waals surface area contributed by atoms with Gasteiger partial charge in [0.1, 0.15) is 16.0 Å². The number of H-pyrrole nitrogens is 1. The molecule has 1 aromatic heterocycles. The molecular formula is C15H17BrN2O2. The van der Waals surface area contributed by atoms with Gasteiger partial charge in [0.2, 0.25) is 0 Å². The fourth-order valence-electron chi connectivity index (χ4n) is 1.87. The standard InChI is InChI=1S/C15H17BrN2O2/c1-2-3-4-9-20-12-7-5-11(6-8-12)14-15(16)18-13(10-19)17-14/h5-8,10H,2-4,9H2,1H3,(H,17,18). The number of carbonyl (C=O) groups excluding carboxylic acids is 1. The van der Waals surface area contributed by atoms with Crippen molar-refractivity contribution in [1.29, 1.82) is 0 Å². The summed E-state index contributed by atoms with van der Waals surface area (Å²) in [5, 5.41) is 0. The second-order valence-corrected chi connectivity index (χ2v) is 5.28. The highest BCUT2D eigenvalue weighted by Crippen LogP contribution is 2.27. The predicted octanol–water partition coefficient (Wildman–Crippen LogP) is 4.22. The Hall–Kier alpha value is -1.62. The van der Waals surface area contributed by atoms with E-state index < -0.39 is 0 Å². The molecule has 0 unspecified atom stereocenters. The largest absolute Gasteiger partial charge is 0.494 e. The fraction of sp³-hybridized carbons (Fsp3) is 0.333. The molecule has 0 saturated carbocycles. The number of imidazole rings is 1. The molecule has 0 fully saturated rings. The zero-order valence-corrected chi connectivity index (χ0v) is 12.9. The first-order valence-corrected chi connectivity index (χ1v) is 7.47. The van der Waals surface area contributed by atoms with Gasteiger partial charge in [-0.05, 0) is 46.6 Å². The maximum atomic E-state index is 10.7. The third-order valence-electron chi connectivity index (χ3n) is 2.93. The maximum Gasteiger partial charge on any atom is 0.185 e. The number of unbranched alkanes of at least 4 members (excludes halogenated alkanes) is 2. The van der Waals surface area contributed by atoms with E-state index in [4.69, 9.17) is 4.74 Å². The molecule has 106 valence electrons. The smallest absolute Gasteiger partial charge is 0.185 e. The van der Waals surface area contributed by atoms with Crippen LogP contribution in [-0.2, 0) is 0 Å². The summed E-state index contributed by atoms with van der Waals surface area (Å²) in [6.45, 7) is 2.92. The summed E-state index contributed by atoms with van der Waals surface area (Å²) in [4.78, 5) is 17.8. The Morgan fingerprint density at radius 2 is 2.05 bits per heavy atom.